The lowest BCUT2D eigenvalue weighted by Crippen LogP contribution is -2.46. The van der Waals surface area contributed by atoms with Gasteiger partial charge in [-0.2, -0.15) is 0 Å². The SMILES string of the molecule is CC(CCC(=O)O)Oc1ccc(N2CCN(c3ccncc3)CC2)cc1NC(=O)OC(C)(C)C. The third kappa shape index (κ3) is 7.54. The maximum absolute atomic E-state index is 12.5. The molecule has 1 aliphatic heterocycles. The summed E-state index contributed by atoms with van der Waals surface area (Å²) >= 11 is 0. The summed E-state index contributed by atoms with van der Waals surface area (Å²) in [5.41, 5.74) is 1.97. The van der Waals surface area contributed by atoms with E-state index in [2.05, 4.69) is 20.1 Å². The van der Waals surface area contributed by atoms with Crippen molar-refractivity contribution in [3.63, 3.8) is 0 Å². The number of amides is 1. The number of carbonyl (C=O) groups excluding carboxylic acids is 1. The van der Waals surface area contributed by atoms with E-state index in [1.54, 1.807) is 33.2 Å². The molecule has 0 radical (unpaired) electrons. The number of carboxylic acids is 1. The van der Waals surface area contributed by atoms with Crippen molar-refractivity contribution in [3.05, 3.63) is 42.7 Å². The van der Waals surface area contributed by atoms with Crippen molar-refractivity contribution >= 4 is 29.1 Å². The molecule has 184 valence electrons. The molecule has 1 saturated heterocycles. The molecule has 1 aromatic carbocycles. The lowest BCUT2D eigenvalue weighted by atomic mass is 10.2. The quantitative estimate of drug-likeness (QED) is 0.586. The molecule has 9 heteroatoms. The van der Waals surface area contributed by atoms with Crippen LogP contribution in [-0.4, -0.2) is 60.0 Å². The second kappa shape index (κ2) is 11.1. The number of aliphatic carboxylic acids is 1. The predicted octanol–water partition coefficient (Wildman–Crippen LogP) is 4.39. The Labute approximate surface area is 200 Å². The van der Waals surface area contributed by atoms with Crippen LogP contribution in [-0.2, 0) is 9.53 Å². The molecule has 1 fully saturated rings. The zero-order valence-electron chi connectivity index (χ0n) is 20.3. The number of pyridine rings is 1. The molecule has 0 bridgehead atoms. The molecular weight excluding hydrogens is 436 g/mol. The van der Waals surface area contributed by atoms with E-state index < -0.39 is 17.7 Å². The van der Waals surface area contributed by atoms with Crippen LogP contribution in [0.5, 0.6) is 5.75 Å². The van der Waals surface area contributed by atoms with E-state index in [0.29, 0.717) is 17.9 Å². The zero-order valence-corrected chi connectivity index (χ0v) is 20.3. The topological polar surface area (TPSA) is 104 Å². The fraction of sp³-hybridized carbons (Fsp3) is 0.480. The maximum Gasteiger partial charge on any atom is 0.412 e. The molecule has 2 aromatic rings. The molecule has 0 spiro atoms. The van der Waals surface area contributed by atoms with Crippen molar-refractivity contribution in [1.29, 1.82) is 0 Å². The minimum Gasteiger partial charge on any atom is -0.489 e. The van der Waals surface area contributed by atoms with Crippen LogP contribution in [0.1, 0.15) is 40.5 Å². The predicted molar refractivity (Wildman–Crippen MR) is 132 cm³/mol. The minimum absolute atomic E-state index is 0.00975. The van der Waals surface area contributed by atoms with E-state index in [4.69, 9.17) is 14.6 Å². The largest absolute Gasteiger partial charge is 0.489 e. The van der Waals surface area contributed by atoms with Crippen LogP contribution >= 0.6 is 0 Å². The van der Waals surface area contributed by atoms with E-state index in [0.717, 1.165) is 37.6 Å². The molecule has 0 aliphatic carbocycles. The van der Waals surface area contributed by atoms with Gasteiger partial charge in [-0.15, -0.1) is 0 Å². The maximum atomic E-state index is 12.5. The van der Waals surface area contributed by atoms with E-state index in [1.807, 2.05) is 37.3 Å². The Morgan fingerprint density at radius 2 is 1.68 bits per heavy atom. The lowest BCUT2D eigenvalue weighted by molar-refractivity contribution is -0.137. The third-order valence-electron chi connectivity index (χ3n) is 5.36. The van der Waals surface area contributed by atoms with Gasteiger partial charge in [0.05, 0.1) is 11.8 Å². The van der Waals surface area contributed by atoms with Crippen molar-refractivity contribution < 1.29 is 24.2 Å². The zero-order chi connectivity index (χ0) is 24.7. The first kappa shape index (κ1) is 25.1. The summed E-state index contributed by atoms with van der Waals surface area (Å²) in [5.74, 6) is -0.397. The van der Waals surface area contributed by atoms with Crippen LogP contribution in [0.15, 0.2) is 42.7 Å². The number of nitrogens with zero attached hydrogens (tertiary/aromatic N) is 3. The number of benzene rings is 1. The van der Waals surface area contributed by atoms with E-state index in [1.165, 1.54) is 0 Å². The number of aromatic nitrogens is 1. The number of hydrogen-bond acceptors (Lipinski definition) is 7. The Morgan fingerprint density at radius 1 is 1.06 bits per heavy atom. The second-order valence-electron chi connectivity index (χ2n) is 9.35. The Balaban J connectivity index is 1.74. The van der Waals surface area contributed by atoms with Gasteiger partial charge in [0.15, 0.2) is 0 Å². The highest BCUT2D eigenvalue weighted by molar-refractivity contribution is 5.88. The Kier molecular flexibility index (Phi) is 8.20. The standard InChI is InChI=1S/C25H34N4O5/c1-18(5-8-23(30)31)33-22-7-6-20(17-21(22)27-24(32)34-25(2,3)4)29-15-13-28(14-16-29)19-9-11-26-12-10-19/h6-7,9-12,17-18H,5,8,13-16H2,1-4H3,(H,27,32)(H,30,31). The normalized spacial score (nSPS) is 14.9. The summed E-state index contributed by atoms with van der Waals surface area (Å²) in [5, 5.41) is 11.7. The monoisotopic (exact) mass is 470 g/mol. The van der Waals surface area contributed by atoms with Gasteiger partial charge in [-0.1, -0.05) is 0 Å². The molecule has 2 heterocycles. The molecule has 1 atom stereocenters. The molecular formula is C25H34N4O5. The average Bonchev–Trinajstić information content (AvgIpc) is 2.78. The molecule has 3 rings (SSSR count). The molecule has 1 aliphatic rings. The first-order valence-corrected chi connectivity index (χ1v) is 11.5. The Hall–Kier alpha value is -3.49. The summed E-state index contributed by atoms with van der Waals surface area (Å²) in [6, 6.07) is 9.67. The summed E-state index contributed by atoms with van der Waals surface area (Å²) in [7, 11) is 0. The van der Waals surface area contributed by atoms with E-state index in [-0.39, 0.29) is 12.5 Å². The average molecular weight is 471 g/mol. The summed E-state index contributed by atoms with van der Waals surface area (Å²) in [6.07, 6.45) is 3.06. The van der Waals surface area contributed by atoms with Crippen LogP contribution in [0, 0.1) is 0 Å². The van der Waals surface area contributed by atoms with Crippen LogP contribution in [0.25, 0.3) is 0 Å². The van der Waals surface area contributed by atoms with Crippen LogP contribution in [0.4, 0.5) is 21.9 Å². The number of carboxylic acid groups (broad SMARTS) is 1. The second-order valence-corrected chi connectivity index (χ2v) is 9.35. The van der Waals surface area contributed by atoms with Gasteiger partial charge in [-0.05, 0) is 64.4 Å². The molecule has 9 nitrogen and oxygen atoms in total. The van der Waals surface area contributed by atoms with Gasteiger partial charge in [0.25, 0.3) is 0 Å². The fourth-order valence-corrected chi connectivity index (χ4v) is 3.71. The summed E-state index contributed by atoms with van der Waals surface area (Å²) < 4.78 is 11.4. The van der Waals surface area contributed by atoms with Crippen molar-refractivity contribution in [3.8, 4) is 5.75 Å². The van der Waals surface area contributed by atoms with Gasteiger partial charge in [-0.25, -0.2) is 4.79 Å². The number of nitrogens with one attached hydrogen (secondary N) is 1. The highest BCUT2D eigenvalue weighted by Crippen LogP contribution is 2.32. The third-order valence-corrected chi connectivity index (χ3v) is 5.36. The van der Waals surface area contributed by atoms with Gasteiger partial charge >= 0.3 is 12.1 Å². The fourth-order valence-electron chi connectivity index (χ4n) is 3.71. The van der Waals surface area contributed by atoms with Crippen LogP contribution in [0.2, 0.25) is 0 Å². The number of hydrogen-bond donors (Lipinski definition) is 2. The first-order valence-electron chi connectivity index (χ1n) is 11.5. The number of ether oxygens (including phenoxy) is 2. The molecule has 1 unspecified atom stereocenters. The Morgan fingerprint density at radius 3 is 2.26 bits per heavy atom. The number of anilines is 3. The number of piperazine rings is 1. The van der Waals surface area contributed by atoms with E-state index >= 15 is 0 Å². The molecule has 34 heavy (non-hydrogen) atoms. The summed E-state index contributed by atoms with van der Waals surface area (Å²) in [4.78, 5) is 32.0. The number of carbonyl (C=O) groups is 2. The Bertz CT molecular complexity index is 969. The van der Waals surface area contributed by atoms with Crippen molar-refractivity contribution in [2.75, 3.05) is 41.3 Å². The molecule has 1 amide bonds. The smallest absolute Gasteiger partial charge is 0.412 e. The summed E-state index contributed by atoms with van der Waals surface area (Å²) in [6.45, 7) is 10.6. The van der Waals surface area contributed by atoms with Crippen molar-refractivity contribution in [2.24, 2.45) is 0 Å². The highest BCUT2D eigenvalue weighted by Gasteiger charge is 2.22. The molecule has 1 aromatic heterocycles. The van der Waals surface area contributed by atoms with Gasteiger partial charge in [0, 0.05) is 56.4 Å². The molecule has 0 saturated carbocycles. The van der Waals surface area contributed by atoms with Crippen molar-refractivity contribution in [1.82, 2.24) is 4.98 Å². The highest BCUT2D eigenvalue weighted by atomic mass is 16.6. The van der Waals surface area contributed by atoms with Gasteiger partial charge < -0.3 is 24.4 Å². The first-order chi connectivity index (χ1) is 16.1. The van der Waals surface area contributed by atoms with Crippen LogP contribution in [0.3, 0.4) is 0 Å². The van der Waals surface area contributed by atoms with Gasteiger partial charge in [0.1, 0.15) is 11.4 Å². The minimum atomic E-state index is -0.871. The van der Waals surface area contributed by atoms with Gasteiger partial charge in [-0.3, -0.25) is 15.1 Å². The number of rotatable bonds is 8. The van der Waals surface area contributed by atoms with E-state index in [9.17, 15) is 9.59 Å². The molecule has 2 N–H and O–H groups in total. The van der Waals surface area contributed by atoms with Crippen LogP contribution < -0.4 is 19.9 Å². The lowest BCUT2D eigenvalue weighted by Gasteiger charge is -2.37. The van der Waals surface area contributed by atoms with Crippen molar-refractivity contribution in [2.45, 2.75) is 52.2 Å². The van der Waals surface area contributed by atoms with Gasteiger partial charge in [0.2, 0.25) is 0 Å².